The number of ether oxygens (including phenoxy) is 1. The van der Waals surface area contributed by atoms with E-state index in [4.69, 9.17) is 4.74 Å². The predicted molar refractivity (Wildman–Crippen MR) is 104 cm³/mol. The number of carbonyl (C=O) groups excluding carboxylic acids is 1. The van der Waals surface area contributed by atoms with Crippen molar-refractivity contribution in [2.45, 2.75) is 6.92 Å². The Labute approximate surface area is 159 Å². The quantitative estimate of drug-likeness (QED) is 0.753. The fraction of sp³-hybridized carbons (Fsp3) is 0.100. The maximum Gasteiger partial charge on any atom is 0.344 e. The Morgan fingerprint density at radius 2 is 1.96 bits per heavy atom. The minimum atomic E-state index is -0.786. The van der Waals surface area contributed by atoms with Gasteiger partial charge in [-0.3, -0.25) is 0 Å². The molecular weight excluding hydrogens is 369 g/mol. The van der Waals surface area contributed by atoms with Gasteiger partial charge in [0, 0.05) is 5.56 Å². The summed E-state index contributed by atoms with van der Waals surface area (Å²) >= 11 is 0.990. The second kappa shape index (κ2) is 7.67. The molecule has 3 rings (SSSR count). The van der Waals surface area contributed by atoms with Crippen molar-refractivity contribution in [3.8, 4) is 5.75 Å². The van der Waals surface area contributed by atoms with Crippen molar-refractivity contribution < 1.29 is 24.1 Å². The molecule has 0 aromatic heterocycles. The molecule has 0 radical (unpaired) electrons. The molecule has 1 aliphatic heterocycles. The van der Waals surface area contributed by atoms with Gasteiger partial charge in [0.05, 0.1) is 12.0 Å². The topological polar surface area (TPSA) is 79.1 Å². The van der Waals surface area contributed by atoms with Crippen molar-refractivity contribution in [3.05, 3.63) is 75.6 Å². The average Bonchev–Trinajstić information content (AvgIpc) is 2.94. The van der Waals surface area contributed by atoms with Gasteiger partial charge in [-0.15, -0.1) is 0 Å². The SMILES string of the molecule is COC(=O)C1=C(O)/C(=C\c2ccc(C)cc2O)SC1=Nc1ccccc1F. The lowest BCUT2D eigenvalue weighted by Gasteiger charge is -2.03. The minimum absolute atomic E-state index is 0.0358. The van der Waals surface area contributed by atoms with E-state index in [2.05, 4.69) is 4.99 Å². The standard InChI is InChI=1S/C20H16FNO4S/c1-11-7-8-12(15(23)9-11)10-16-18(24)17(20(25)26-2)19(27-16)22-14-6-4-3-5-13(14)21/h3-10,23-24H,1-2H3/b16-10+,22-19?. The van der Waals surface area contributed by atoms with Gasteiger partial charge in [0.2, 0.25) is 0 Å². The Bertz CT molecular complexity index is 1010. The van der Waals surface area contributed by atoms with Crippen molar-refractivity contribution in [3.63, 3.8) is 0 Å². The first-order chi connectivity index (χ1) is 12.9. The first kappa shape index (κ1) is 18.7. The first-order valence-electron chi connectivity index (χ1n) is 7.95. The van der Waals surface area contributed by atoms with E-state index in [1.807, 2.05) is 13.0 Å². The molecule has 27 heavy (non-hydrogen) atoms. The molecule has 0 spiro atoms. The number of rotatable bonds is 3. The van der Waals surface area contributed by atoms with E-state index in [1.54, 1.807) is 18.2 Å². The third-order valence-corrected chi connectivity index (χ3v) is 4.85. The number of carbonyl (C=O) groups is 1. The Hall–Kier alpha value is -3.06. The molecule has 2 aromatic carbocycles. The Kier molecular flexibility index (Phi) is 5.32. The van der Waals surface area contributed by atoms with Crippen LogP contribution < -0.4 is 0 Å². The summed E-state index contributed by atoms with van der Waals surface area (Å²) in [6.45, 7) is 1.84. The van der Waals surface area contributed by atoms with Crippen LogP contribution in [0, 0.1) is 12.7 Å². The van der Waals surface area contributed by atoms with Gasteiger partial charge in [-0.1, -0.05) is 36.0 Å². The van der Waals surface area contributed by atoms with Crippen molar-refractivity contribution in [1.29, 1.82) is 0 Å². The summed E-state index contributed by atoms with van der Waals surface area (Å²) in [6.07, 6.45) is 1.53. The fourth-order valence-electron chi connectivity index (χ4n) is 2.46. The van der Waals surface area contributed by atoms with Gasteiger partial charge in [0.1, 0.15) is 33.6 Å². The third kappa shape index (κ3) is 3.88. The lowest BCUT2D eigenvalue weighted by Crippen LogP contribution is -2.10. The third-order valence-electron chi connectivity index (χ3n) is 3.83. The smallest absolute Gasteiger partial charge is 0.344 e. The van der Waals surface area contributed by atoms with E-state index < -0.39 is 11.8 Å². The summed E-state index contributed by atoms with van der Waals surface area (Å²) in [5.41, 5.74) is 1.23. The number of methoxy groups -OCH3 is 1. The zero-order valence-electron chi connectivity index (χ0n) is 14.6. The molecule has 0 atom stereocenters. The summed E-state index contributed by atoms with van der Waals surface area (Å²) in [4.78, 5) is 16.6. The maximum absolute atomic E-state index is 13.9. The Balaban J connectivity index is 2.09. The van der Waals surface area contributed by atoms with Crippen LogP contribution in [0.1, 0.15) is 11.1 Å². The van der Waals surface area contributed by atoms with Gasteiger partial charge in [-0.05, 0) is 36.8 Å². The molecule has 0 amide bonds. The van der Waals surface area contributed by atoms with Crippen LogP contribution in [0.25, 0.3) is 6.08 Å². The van der Waals surface area contributed by atoms with Gasteiger partial charge in [-0.25, -0.2) is 14.2 Å². The number of hydrogen-bond acceptors (Lipinski definition) is 6. The van der Waals surface area contributed by atoms with Crippen LogP contribution in [0.3, 0.4) is 0 Å². The van der Waals surface area contributed by atoms with Crippen LogP contribution in [-0.4, -0.2) is 28.3 Å². The summed E-state index contributed by atoms with van der Waals surface area (Å²) in [5.74, 6) is -1.63. The van der Waals surface area contributed by atoms with Crippen molar-refractivity contribution in [1.82, 2.24) is 0 Å². The van der Waals surface area contributed by atoms with Crippen LogP contribution in [0.15, 0.2) is 63.7 Å². The van der Waals surface area contributed by atoms with E-state index in [-0.39, 0.29) is 27.8 Å². The lowest BCUT2D eigenvalue weighted by molar-refractivity contribution is -0.135. The van der Waals surface area contributed by atoms with Crippen LogP contribution >= 0.6 is 11.8 Å². The largest absolute Gasteiger partial charge is 0.507 e. The van der Waals surface area contributed by atoms with E-state index in [0.717, 1.165) is 17.3 Å². The van der Waals surface area contributed by atoms with E-state index in [0.29, 0.717) is 10.5 Å². The van der Waals surface area contributed by atoms with Crippen molar-refractivity contribution in [2.24, 2.45) is 4.99 Å². The predicted octanol–water partition coefficient (Wildman–Crippen LogP) is 4.64. The molecule has 0 bridgehead atoms. The number of phenols is 1. The number of para-hydroxylation sites is 1. The lowest BCUT2D eigenvalue weighted by atomic mass is 10.1. The highest BCUT2D eigenvalue weighted by Gasteiger charge is 2.33. The number of benzene rings is 2. The summed E-state index contributed by atoms with van der Waals surface area (Å²) in [7, 11) is 1.18. The highest BCUT2D eigenvalue weighted by atomic mass is 32.2. The Morgan fingerprint density at radius 3 is 2.63 bits per heavy atom. The molecule has 138 valence electrons. The molecule has 0 unspecified atom stereocenters. The number of thioether (sulfide) groups is 1. The molecule has 1 heterocycles. The number of aliphatic imine (C=N–C) groups is 1. The second-order valence-corrected chi connectivity index (χ2v) is 6.79. The van der Waals surface area contributed by atoms with Gasteiger partial charge >= 0.3 is 5.97 Å². The van der Waals surface area contributed by atoms with Crippen LogP contribution in [-0.2, 0) is 9.53 Å². The molecule has 2 N–H and O–H groups in total. The van der Waals surface area contributed by atoms with Gasteiger partial charge < -0.3 is 14.9 Å². The van der Waals surface area contributed by atoms with Gasteiger partial charge in [0.15, 0.2) is 0 Å². The highest BCUT2D eigenvalue weighted by molar-refractivity contribution is 8.18. The van der Waals surface area contributed by atoms with Crippen LogP contribution in [0.2, 0.25) is 0 Å². The number of aliphatic hydroxyl groups excluding tert-OH is 1. The number of aryl methyl sites for hydroxylation is 1. The number of phenolic OH excluding ortho intramolecular Hbond substituents is 1. The molecule has 1 aliphatic rings. The molecule has 7 heteroatoms. The first-order valence-corrected chi connectivity index (χ1v) is 8.77. The molecule has 5 nitrogen and oxygen atoms in total. The monoisotopic (exact) mass is 385 g/mol. The molecule has 0 saturated carbocycles. The van der Waals surface area contributed by atoms with Gasteiger partial charge in [0.25, 0.3) is 0 Å². The molecule has 2 aromatic rings. The van der Waals surface area contributed by atoms with E-state index >= 15 is 0 Å². The van der Waals surface area contributed by atoms with E-state index in [9.17, 15) is 19.4 Å². The summed E-state index contributed by atoms with van der Waals surface area (Å²) in [5, 5.41) is 20.7. The van der Waals surface area contributed by atoms with E-state index in [1.165, 1.54) is 31.4 Å². The molecule has 0 aliphatic carbocycles. The molecular formula is C20H16FNO4S. The summed E-state index contributed by atoms with van der Waals surface area (Å²) < 4.78 is 18.6. The Morgan fingerprint density at radius 1 is 1.22 bits per heavy atom. The maximum atomic E-state index is 13.9. The van der Waals surface area contributed by atoms with Crippen LogP contribution in [0.4, 0.5) is 10.1 Å². The number of aliphatic hydroxyl groups is 1. The number of aromatic hydroxyl groups is 1. The number of halogens is 1. The fourth-order valence-corrected chi connectivity index (χ4v) is 3.48. The molecule has 0 saturated heterocycles. The highest BCUT2D eigenvalue weighted by Crippen LogP contribution is 2.41. The second-order valence-electron chi connectivity index (χ2n) is 5.76. The number of nitrogens with zero attached hydrogens (tertiary/aromatic N) is 1. The zero-order chi connectivity index (χ0) is 19.6. The number of hydrogen-bond donors (Lipinski definition) is 2. The number of esters is 1. The van der Waals surface area contributed by atoms with Crippen LogP contribution in [0.5, 0.6) is 5.75 Å². The van der Waals surface area contributed by atoms with Crippen molar-refractivity contribution in [2.75, 3.05) is 7.11 Å². The average molecular weight is 385 g/mol. The summed E-state index contributed by atoms with van der Waals surface area (Å²) in [6, 6.07) is 10.9. The zero-order valence-corrected chi connectivity index (χ0v) is 15.4. The normalized spacial score (nSPS) is 17.0. The van der Waals surface area contributed by atoms with Gasteiger partial charge in [-0.2, -0.15) is 0 Å². The van der Waals surface area contributed by atoms with Crippen molar-refractivity contribution >= 4 is 34.5 Å². The molecule has 0 fully saturated rings. The minimum Gasteiger partial charge on any atom is -0.507 e.